The summed E-state index contributed by atoms with van der Waals surface area (Å²) >= 11 is 0. The van der Waals surface area contributed by atoms with E-state index in [1.165, 1.54) is 24.3 Å². The van der Waals surface area contributed by atoms with Crippen LogP contribution in [-0.2, 0) is 10.0 Å². The Balaban J connectivity index is 1.83. The maximum Gasteiger partial charge on any atom is 0.507 e. The normalized spacial score (nSPS) is 17.1. The van der Waals surface area contributed by atoms with Crippen molar-refractivity contribution >= 4 is 27.8 Å². The van der Waals surface area contributed by atoms with Gasteiger partial charge in [-0.3, -0.25) is 4.72 Å². The van der Waals surface area contributed by atoms with Crippen LogP contribution in [0.2, 0.25) is 0 Å². The first-order chi connectivity index (χ1) is 13.4. The summed E-state index contributed by atoms with van der Waals surface area (Å²) in [4.78, 5) is 11.1. The van der Waals surface area contributed by atoms with Crippen LogP contribution in [-0.4, -0.2) is 31.7 Å². The first-order valence-electron chi connectivity index (χ1n) is 7.71. The Morgan fingerprint density at radius 2 is 1.62 bits per heavy atom. The lowest BCUT2D eigenvalue weighted by Crippen LogP contribution is -2.52. The van der Waals surface area contributed by atoms with Crippen molar-refractivity contribution in [2.75, 3.05) is 4.72 Å². The van der Waals surface area contributed by atoms with Gasteiger partial charge in [0.05, 0.1) is 16.7 Å². The number of halogens is 4. The summed E-state index contributed by atoms with van der Waals surface area (Å²) in [6.45, 7) is 0. The fraction of sp³-hybridized carbons (Fsp3) is 0.118. The molecule has 154 valence electrons. The van der Waals surface area contributed by atoms with Crippen molar-refractivity contribution in [2.24, 2.45) is 0 Å². The molecule has 2 N–H and O–H groups in total. The molecular weight excluding hydrogens is 422 g/mol. The highest BCUT2D eigenvalue weighted by atomic mass is 32.2. The Labute approximate surface area is 161 Å². The van der Waals surface area contributed by atoms with Crippen LogP contribution >= 0.6 is 0 Å². The molecule has 2 aromatic rings. The summed E-state index contributed by atoms with van der Waals surface area (Å²) in [5.74, 6) is -2.70. The molecule has 0 fully saturated rings. The standard InChI is InChI=1S/C17H11F4NO6S/c18-16(19)17(20,21)28-14-9-10(5-6-13(14)27-16)7-8-29(25,26)22-12-4-2-1-3-11(12)15(23)24/h1-9,22H,(H,23,24)/b8-7+. The molecule has 12 heteroatoms. The van der Waals surface area contributed by atoms with Crippen LogP contribution < -0.4 is 14.2 Å². The fourth-order valence-electron chi connectivity index (χ4n) is 2.30. The van der Waals surface area contributed by atoms with Gasteiger partial charge in [0.2, 0.25) is 0 Å². The fourth-order valence-corrected chi connectivity index (χ4v) is 3.19. The molecule has 0 radical (unpaired) electrons. The summed E-state index contributed by atoms with van der Waals surface area (Å²) < 4.78 is 87.0. The summed E-state index contributed by atoms with van der Waals surface area (Å²) in [5, 5.41) is 9.71. The molecular formula is C17H11F4NO6S. The van der Waals surface area contributed by atoms with Crippen LogP contribution in [0.1, 0.15) is 15.9 Å². The minimum atomic E-state index is -4.91. The SMILES string of the molecule is O=C(O)c1ccccc1NS(=O)(=O)/C=C/c1ccc2c(c1)OC(F)(F)C(F)(F)O2. The van der Waals surface area contributed by atoms with Crippen molar-refractivity contribution in [3.05, 3.63) is 59.0 Å². The number of rotatable bonds is 5. The monoisotopic (exact) mass is 433 g/mol. The topological polar surface area (TPSA) is 102 Å². The molecule has 7 nitrogen and oxygen atoms in total. The van der Waals surface area contributed by atoms with Gasteiger partial charge in [0.1, 0.15) is 0 Å². The van der Waals surface area contributed by atoms with Gasteiger partial charge in [0, 0.05) is 0 Å². The van der Waals surface area contributed by atoms with E-state index in [0.717, 1.165) is 24.3 Å². The lowest BCUT2D eigenvalue weighted by molar-refractivity contribution is -0.391. The van der Waals surface area contributed by atoms with Gasteiger partial charge in [-0.05, 0) is 35.9 Å². The van der Waals surface area contributed by atoms with Gasteiger partial charge in [-0.25, -0.2) is 13.2 Å². The Hall–Kier alpha value is -3.28. The average molecular weight is 433 g/mol. The van der Waals surface area contributed by atoms with Crippen LogP contribution in [0.5, 0.6) is 11.5 Å². The number of ether oxygens (including phenoxy) is 2. The third-order valence-electron chi connectivity index (χ3n) is 3.63. The second-order valence-electron chi connectivity index (χ2n) is 5.74. The number of anilines is 1. The molecule has 0 amide bonds. The zero-order valence-corrected chi connectivity index (χ0v) is 14.9. The van der Waals surface area contributed by atoms with E-state index in [4.69, 9.17) is 5.11 Å². The molecule has 3 rings (SSSR count). The van der Waals surface area contributed by atoms with Crippen molar-refractivity contribution in [1.82, 2.24) is 0 Å². The zero-order chi connectivity index (χ0) is 21.4. The largest absolute Gasteiger partial charge is 0.507 e. The predicted molar refractivity (Wildman–Crippen MR) is 92.6 cm³/mol. The van der Waals surface area contributed by atoms with Crippen molar-refractivity contribution in [3.8, 4) is 11.5 Å². The van der Waals surface area contributed by atoms with Crippen LogP contribution in [0.4, 0.5) is 23.2 Å². The molecule has 1 aliphatic rings. The average Bonchev–Trinajstić information content (AvgIpc) is 2.60. The van der Waals surface area contributed by atoms with Crippen molar-refractivity contribution < 1.29 is 45.4 Å². The van der Waals surface area contributed by atoms with Crippen LogP contribution in [0, 0.1) is 0 Å². The zero-order valence-electron chi connectivity index (χ0n) is 14.1. The van der Waals surface area contributed by atoms with Gasteiger partial charge in [-0.2, -0.15) is 17.6 Å². The van der Waals surface area contributed by atoms with E-state index in [0.29, 0.717) is 5.41 Å². The summed E-state index contributed by atoms with van der Waals surface area (Å²) in [6.07, 6.45) is -8.79. The van der Waals surface area contributed by atoms with Crippen molar-refractivity contribution in [3.63, 3.8) is 0 Å². The number of hydrogen-bond acceptors (Lipinski definition) is 5. The highest BCUT2D eigenvalue weighted by Crippen LogP contribution is 2.47. The van der Waals surface area contributed by atoms with Gasteiger partial charge in [-0.15, -0.1) is 0 Å². The molecule has 0 aliphatic carbocycles. The molecule has 2 aromatic carbocycles. The van der Waals surface area contributed by atoms with E-state index in [9.17, 15) is 30.8 Å². The number of fused-ring (bicyclic) bond motifs is 1. The molecule has 0 unspecified atom stereocenters. The maximum absolute atomic E-state index is 13.2. The van der Waals surface area contributed by atoms with Crippen molar-refractivity contribution in [1.29, 1.82) is 0 Å². The van der Waals surface area contributed by atoms with E-state index < -0.39 is 39.7 Å². The molecule has 0 aromatic heterocycles. The smallest absolute Gasteiger partial charge is 0.478 e. The minimum absolute atomic E-state index is 0.0188. The number of carboxylic acid groups (broad SMARTS) is 1. The van der Waals surface area contributed by atoms with Gasteiger partial charge in [0.25, 0.3) is 10.0 Å². The van der Waals surface area contributed by atoms with Gasteiger partial charge in [-0.1, -0.05) is 18.2 Å². The maximum atomic E-state index is 13.2. The number of nitrogens with one attached hydrogen (secondary N) is 1. The molecule has 0 bridgehead atoms. The third kappa shape index (κ3) is 4.26. The number of carboxylic acids is 1. The first kappa shape index (κ1) is 20.5. The second-order valence-corrected chi connectivity index (χ2v) is 7.31. The Kier molecular flexibility index (Phi) is 4.91. The Morgan fingerprint density at radius 1 is 1.00 bits per heavy atom. The summed E-state index contributed by atoms with van der Waals surface area (Å²) in [5.41, 5.74) is -0.453. The number of carbonyl (C=O) groups is 1. The van der Waals surface area contributed by atoms with Crippen LogP contribution in [0.3, 0.4) is 0 Å². The summed E-state index contributed by atoms with van der Waals surface area (Å²) in [7, 11) is -4.19. The summed E-state index contributed by atoms with van der Waals surface area (Å²) in [6, 6.07) is 8.20. The highest BCUT2D eigenvalue weighted by molar-refractivity contribution is 7.95. The predicted octanol–water partition coefficient (Wildman–Crippen LogP) is 3.75. The third-order valence-corrected chi connectivity index (χ3v) is 4.63. The molecule has 1 heterocycles. The molecule has 0 spiro atoms. The lowest BCUT2D eigenvalue weighted by atomic mass is 10.2. The number of sulfonamides is 1. The quantitative estimate of drug-likeness (QED) is 0.697. The first-order valence-corrected chi connectivity index (χ1v) is 9.26. The Morgan fingerprint density at radius 3 is 2.28 bits per heavy atom. The van der Waals surface area contributed by atoms with E-state index in [2.05, 4.69) is 14.2 Å². The molecule has 0 atom stereocenters. The van der Waals surface area contributed by atoms with E-state index in [1.54, 1.807) is 0 Å². The number of benzene rings is 2. The van der Waals surface area contributed by atoms with E-state index in [1.807, 2.05) is 0 Å². The highest BCUT2D eigenvalue weighted by Gasteiger charge is 2.65. The molecule has 0 saturated carbocycles. The van der Waals surface area contributed by atoms with Gasteiger partial charge < -0.3 is 14.6 Å². The molecule has 0 saturated heterocycles. The number of para-hydroxylation sites is 1. The van der Waals surface area contributed by atoms with Crippen LogP contribution in [0.15, 0.2) is 47.9 Å². The number of alkyl halides is 4. The lowest BCUT2D eigenvalue weighted by Gasteiger charge is -2.31. The van der Waals surface area contributed by atoms with E-state index >= 15 is 0 Å². The van der Waals surface area contributed by atoms with Gasteiger partial charge in [0.15, 0.2) is 11.5 Å². The van der Waals surface area contributed by atoms with Crippen molar-refractivity contribution in [2.45, 2.75) is 12.2 Å². The minimum Gasteiger partial charge on any atom is -0.478 e. The van der Waals surface area contributed by atoms with Crippen LogP contribution in [0.25, 0.3) is 6.08 Å². The number of hydrogen-bond donors (Lipinski definition) is 2. The van der Waals surface area contributed by atoms with E-state index in [-0.39, 0.29) is 16.8 Å². The molecule has 1 aliphatic heterocycles. The van der Waals surface area contributed by atoms with Gasteiger partial charge >= 0.3 is 18.2 Å². The second kappa shape index (κ2) is 6.95. The number of aromatic carboxylic acids is 1. The Bertz CT molecular complexity index is 1100. The molecule has 29 heavy (non-hydrogen) atoms.